The molecule has 1 rings (SSSR count). The lowest BCUT2D eigenvalue weighted by molar-refractivity contribution is -0.138. The van der Waals surface area contributed by atoms with Gasteiger partial charge in [-0.05, 0) is 12.8 Å². The molecule has 104 valence electrons. The zero-order valence-corrected chi connectivity index (χ0v) is 11.6. The number of nitrogens with two attached hydrogens (primary N) is 1. The molecule has 0 aromatic heterocycles. The highest BCUT2D eigenvalue weighted by Crippen LogP contribution is 2.22. The van der Waals surface area contributed by atoms with Gasteiger partial charge in [-0.3, -0.25) is 9.59 Å². The SMILES string of the molecule is CN(C(=O)CSC[C@H](N)C(=O)O)C1CCCCC1. The van der Waals surface area contributed by atoms with Crippen LogP contribution < -0.4 is 5.73 Å². The van der Waals surface area contributed by atoms with E-state index < -0.39 is 12.0 Å². The zero-order valence-electron chi connectivity index (χ0n) is 10.8. The highest BCUT2D eigenvalue weighted by atomic mass is 32.2. The van der Waals surface area contributed by atoms with E-state index in [1.54, 1.807) is 0 Å². The summed E-state index contributed by atoms with van der Waals surface area (Å²) < 4.78 is 0. The number of nitrogens with zero attached hydrogens (tertiary/aromatic N) is 1. The molecule has 5 nitrogen and oxygen atoms in total. The summed E-state index contributed by atoms with van der Waals surface area (Å²) in [6, 6.07) is -0.525. The minimum Gasteiger partial charge on any atom is -0.480 e. The number of carboxylic acids is 1. The van der Waals surface area contributed by atoms with Gasteiger partial charge >= 0.3 is 5.97 Å². The Hall–Kier alpha value is -0.750. The molecule has 0 radical (unpaired) electrons. The van der Waals surface area contributed by atoms with Crippen molar-refractivity contribution in [3.63, 3.8) is 0 Å². The molecule has 0 saturated heterocycles. The summed E-state index contributed by atoms with van der Waals surface area (Å²) in [5.41, 5.74) is 5.38. The van der Waals surface area contributed by atoms with Gasteiger partial charge in [-0.25, -0.2) is 0 Å². The molecule has 1 aliphatic carbocycles. The average Bonchev–Trinajstić information content (AvgIpc) is 2.38. The molecular weight excluding hydrogens is 252 g/mol. The number of thioether (sulfide) groups is 1. The van der Waals surface area contributed by atoms with Crippen molar-refractivity contribution in [2.75, 3.05) is 18.6 Å². The molecule has 0 unspecified atom stereocenters. The molecule has 0 aliphatic heterocycles. The summed E-state index contributed by atoms with van der Waals surface area (Å²) >= 11 is 1.29. The molecule has 0 bridgehead atoms. The van der Waals surface area contributed by atoms with E-state index in [1.165, 1.54) is 31.0 Å². The smallest absolute Gasteiger partial charge is 0.321 e. The number of hydrogen-bond acceptors (Lipinski definition) is 4. The predicted octanol–water partition coefficient (Wildman–Crippen LogP) is 0.923. The monoisotopic (exact) mass is 274 g/mol. The molecule has 1 aliphatic rings. The first-order valence-electron chi connectivity index (χ1n) is 6.34. The number of carboxylic acid groups (broad SMARTS) is 1. The van der Waals surface area contributed by atoms with Crippen molar-refractivity contribution in [3.05, 3.63) is 0 Å². The Balaban J connectivity index is 2.24. The third-order valence-corrected chi connectivity index (χ3v) is 4.40. The number of amides is 1. The van der Waals surface area contributed by atoms with Gasteiger partial charge in [0, 0.05) is 18.8 Å². The molecule has 0 aromatic carbocycles. The van der Waals surface area contributed by atoms with Crippen LogP contribution in [0.2, 0.25) is 0 Å². The minimum absolute atomic E-state index is 0.0736. The van der Waals surface area contributed by atoms with Gasteiger partial charge in [-0.2, -0.15) is 0 Å². The maximum absolute atomic E-state index is 11.9. The van der Waals surface area contributed by atoms with Gasteiger partial charge in [0.25, 0.3) is 0 Å². The van der Waals surface area contributed by atoms with Crippen LogP contribution in [0.5, 0.6) is 0 Å². The van der Waals surface area contributed by atoms with Crippen LogP contribution in [0.25, 0.3) is 0 Å². The maximum atomic E-state index is 11.9. The van der Waals surface area contributed by atoms with Crippen molar-refractivity contribution < 1.29 is 14.7 Å². The van der Waals surface area contributed by atoms with Crippen LogP contribution >= 0.6 is 11.8 Å². The maximum Gasteiger partial charge on any atom is 0.321 e. The van der Waals surface area contributed by atoms with E-state index in [4.69, 9.17) is 10.8 Å². The van der Waals surface area contributed by atoms with Crippen molar-refractivity contribution in [2.45, 2.75) is 44.2 Å². The third-order valence-electron chi connectivity index (χ3n) is 3.36. The topological polar surface area (TPSA) is 83.6 Å². The molecule has 18 heavy (non-hydrogen) atoms. The molecule has 3 N–H and O–H groups in total. The highest BCUT2D eigenvalue weighted by molar-refractivity contribution is 8.00. The highest BCUT2D eigenvalue weighted by Gasteiger charge is 2.22. The van der Waals surface area contributed by atoms with Crippen molar-refractivity contribution in [3.8, 4) is 0 Å². The largest absolute Gasteiger partial charge is 0.480 e. The van der Waals surface area contributed by atoms with Crippen LogP contribution in [0.1, 0.15) is 32.1 Å². The van der Waals surface area contributed by atoms with E-state index in [0.717, 1.165) is 12.8 Å². The first-order valence-corrected chi connectivity index (χ1v) is 7.49. The Kier molecular flexibility index (Phi) is 6.49. The Morgan fingerprint density at radius 1 is 1.39 bits per heavy atom. The van der Waals surface area contributed by atoms with Gasteiger partial charge in [0.15, 0.2) is 0 Å². The Morgan fingerprint density at radius 2 is 2.00 bits per heavy atom. The third kappa shape index (κ3) is 4.86. The van der Waals surface area contributed by atoms with E-state index in [1.807, 2.05) is 11.9 Å². The van der Waals surface area contributed by atoms with E-state index in [2.05, 4.69) is 0 Å². The van der Waals surface area contributed by atoms with E-state index >= 15 is 0 Å². The molecule has 1 amide bonds. The summed E-state index contributed by atoms with van der Waals surface area (Å²) in [6.45, 7) is 0. The summed E-state index contributed by atoms with van der Waals surface area (Å²) in [6.07, 6.45) is 5.82. The second-order valence-electron chi connectivity index (χ2n) is 4.76. The van der Waals surface area contributed by atoms with Crippen LogP contribution in [0.15, 0.2) is 0 Å². The molecule has 1 saturated carbocycles. The molecule has 0 aromatic rings. The lowest BCUT2D eigenvalue weighted by Gasteiger charge is -2.31. The van der Waals surface area contributed by atoms with Gasteiger partial charge in [0.2, 0.25) is 5.91 Å². The molecule has 0 heterocycles. The Labute approximate surface area is 112 Å². The van der Waals surface area contributed by atoms with Gasteiger partial charge in [0.05, 0.1) is 5.75 Å². The number of carbonyl (C=O) groups excluding carboxylic acids is 1. The predicted molar refractivity (Wildman–Crippen MR) is 72.6 cm³/mol. The van der Waals surface area contributed by atoms with E-state index in [0.29, 0.717) is 11.8 Å². The van der Waals surface area contributed by atoms with Crippen molar-refractivity contribution in [1.82, 2.24) is 4.90 Å². The van der Waals surface area contributed by atoms with Gasteiger partial charge in [-0.15, -0.1) is 11.8 Å². The van der Waals surface area contributed by atoms with Crippen LogP contribution in [0.3, 0.4) is 0 Å². The number of hydrogen-bond donors (Lipinski definition) is 2. The molecule has 0 spiro atoms. The van der Waals surface area contributed by atoms with E-state index in [9.17, 15) is 9.59 Å². The van der Waals surface area contributed by atoms with Crippen LogP contribution in [-0.4, -0.2) is 52.5 Å². The van der Waals surface area contributed by atoms with Crippen molar-refractivity contribution in [1.29, 1.82) is 0 Å². The molecule has 1 atom stereocenters. The molecular formula is C12H22N2O3S. The van der Waals surface area contributed by atoms with E-state index in [-0.39, 0.29) is 11.7 Å². The van der Waals surface area contributed by atoms with Crippen molar-refractivity contribution >= 4 is 23.6 Å². The summed E-state index contributed by atoms with van der Waals surface area (Å²) in [4.78, 5) is 24.3. The standard InChI is InChI=1S/C12H22N2O3S/c1-14(9-5-3-2-4-6-9)11(15)8-18-7-10(13)12(16)17/h9-10H,2-8,13H2,1H3,(H,16,17)/t10-/m0/s1. The normalized spacial score (nSPS) is 18.3. The number of aliphatic carboxylic acids is 1. The number of rotatable bonds is 6. The Bertz CT molecular complexity index is 293. The van der Waals surface area contributed by atoms with Gasteiger partial charge in [0.1, 0.15) is 6.04 Å². The average molecular weight is 274 g/mol. The van der Waals surface area contributed by atoms with Gasteiger partial charge < -0.3 is 15.7 Å². The second-order valence-corrected chi connectivity index (χ2v) is 5.79. The fourth-order valence-electron chi connectivity index (χ4n) is 2.12. The lowest BCUT2D eigenvalue weighted by atomic mass is 9.94. The van der Waals surface area contributed by atoms with Crippen molar-refractivity contribution in [2.24, 2.45) is 5.73 Å². The fraction of sp³-hybridized carbons (Fsp3) is 0.833. The fourth-order valence-corrected chi connectivity index (χ4v) is 3.01. The van der Waals surface area contributed by atoms with Gasteiger partial charge in [-0.1, -0.05) is 19.3 Å². The quantitative estimate of drug-likeness (QED) is 0.752. The zero-order chi connectivity index (χ0) is 13.5. The summed E-state index contributed by atoms with van der Waals surface area (Å²) in [5.74, 6) is -0.354. The number of carbonyl (C=O) groups is 2. The minimum atomic E-state index is -1.02. The lowest BCUT2D eigenvalue weighted by Crippen LogP contribution is -2.40. The second kappa shape index (κ2) is 7.63. The van der Waals surface area contributed by atoms with Crippen LogP contribution in [-0.2, 0) is 9.59 Å². The summed E-state index contributed by atoms with van der Waals surface area (Å²) in [7, 11) is 1.84. The summed E-state index contributed by atoms with van der Waals surface area (Å²) in [5, 5.41) is 8.63. The molecule has 1 fully saturated rings. The van der Waals surface area contributed by atoms with Crippen LogP contribution in [0, 0.1) is 0 Å². The first kappa shape index (κ1) is 15.3. The first-order chi connectivity index (χ1) is 8.52. The Morgan fingerprint density at radius 3 is 2.56 bits per heavy atom. The molecule has 6 heteroatoms. The van der Waals surface area contributed by atoms with Crippen LogP contribution in [0.4, 0.5) is 0 Å².